The summed E-state index contributed by atoms with van der Waals surface area (Å²) < 4.78 is 10.6. The van der Waals surface area contributed by atoms with Gasteiger partial charge in [-0.05, 0) is 25.0 Å². The molecule has 1 aromatic rings. The second-order valence-electron chi connectivity index (χ2n) is 5.97. The Labute approximate surface area is 143 Å². The van der Waals surface area contributed by atoms with E-state index >= 15 is 0 Å². The number of amides is 2. The molecule has 1 aromatic carbocycles. The van der Waals surface area contributed by atoms with E-state index in [9.17, 15) is 9.59 Å². The fourth-order valence-electron chi connectivity index (χ4n) is 2.94. The molecule has 1 N–H and O–H groups in total. The Kier molecular flexibility index (Phi) is 6.06. The molecule has 0 saturated carbocycles. The molecule has 1 aliphatic heterocycles. The highest BCUT2D eigenvalue weighted by Crippen LogP contribution is 2.36. The van der Waals surface area contributed by atoms with E-state index in [1.807, 2.05) is 13.8 Å². The molecule has 2 rings (SSSR count). The number of nitrogens with one attached hydrogen (secondary N) is 1. The Morgan fingerprint density at radius 3 is 2.58 bits per heavy atom. The SMILES string of the molecule is CCC(CC)NC(=O)[C@H]1CC(=O)N(c2cc(OC)ccc2OC)C1. The third-order valence-corrected chi connectivity index (χ3v) is 4.50. The van der Waals surface area contributed by atoms with Crippen LogP contribution in [0.4, 0.5) is 5.69 Å². The first-order chi connectivity index (χ1) is 11.5. The van der Waals surface area contributed by atoms with Gasteiger partial charge in [0.2, 0.25) is 11.8 Å². The van der Waals surface area contributed by atoms with Gasteiger partial charge >= 0.3 is 0 Å². The van der Waals surface area contributed by atoms with Crippen LogP contribution in [0.15, 0.2) is 18.2 Å². The molecule has 1 atom stereocenters. The molecule has 1 fully saturated rings. The highest BCUT2D eigenvalue weighted by molar-refractivity contribution is 6.01. The molecule has 1 saturated heterocycles. The Morgan fingerprint density at radius 1 is 1.29 bits per heavy atom. The molecule has 0 bridgehead atoms. The number of nitrogens with zero attached hydrogens (tertiary/aromatic N) is 1. The van der Waals surface area contributed by atoms with Gasteiger partial charge in [-0.1, -0.05) is 13.8 Å². The van der Waals surface area contributed by atoms with E-state index < -0.39 is 0 Å². The van der Waals surface area contributed by atoms with Crippen LogP contribution in [-0.4, -0.2) is 38.6 Å². The van der Waals surface area contributed by atoms with E-state index in [-0.39, 0.29) is 30.2 Å². The van der Waals surface area contributed by atoms with Crippen LogP contribution >= 0.6 is 0 Å². The van der Waals surface area contributed by atoms with Crippen LogP contribution in [0, 0.1) is 5.92 Å². The van der Waals surface area contributed by atoms with E-state index in [1.54, 1.807) is 37.3 Å². The van der Waals surface area contributed by atoms with Crippen molar-refractivity contribution in [3.8, 4) is 11.5 Å². The van der Waals surface area contributed by atoms with Crippen molar-refractivity contribution in [2.45, 2.75) is 39.2 Å². The van der Waals surface area contributed by atoms with Gasteiger partial charge in [-0.25, -0.2) is 0 Å². The highest BCUT2D eigenvalue weighted by Gasteiger charge is 2.36. The topological polar surface area (TPSA) is 67.9 Å². The Hall–Kier alpha value is -2.24. The molecular formula is C18H26N2O4. The van der Waals surface area contributed by atoms with Crippen molar-refractivity contribution in [2.24, 2.45) is 5.92 Å². The molecule has 0 unspecified atom stereocenters. The van der Waals surface area contributed by atoms with Gasteiger partial charge in [-0.3, -0.25) is 9.59 Å². The van der Waals surface area contributed by atoms with Crippen LogP contribution in [0.3, 0.4) is 0 Å². The average Bonchev–Trinajstić information content (AvgIpc) is 3.00. The summed E-state index contributed by atoms with van der Waals surface area (Å²) >= 11 is 0. The first-order valence-corrected chi connectivity index (χ1v) is 8.36. The summed E-state index contributed by atoms with van der Waals surface area (Å²) in [5, 5.41) is 3.03. The number of rotatable bonds is 7. The van der Waals surface area contributed by atoms with E-state index in [2.05, 4.69) is 5.32 Å². The first-order valence-electron chi connectivity index (χ1n) is 8.36. The predicted octanol–water partition coefficient (Wildman–Crippen LogP) is 2.36. The lowest BCUT2D eigenvalue weighted by molar-refractivity contribution is -0.127. The third kappa shape index (κ3) is 3.80. The van der Waals surface area contributed by atoms with E-state index in [4.69, 9.17) is 9.47 Å². The molecule has 6 heteroatoms. The van der Waals surface area contributed by atoms with Gasteiger partial charge in [0.25, 0.3) is 0 Å². The summed E-state index contributed by atoms with van der Waals surface area (Å²) in [6.07, 6.45) is 1.99. The number of ether oxygens (including phenoxy) is 2. The van der Waals surface area contributed by atoms with Crippen molar-refractivity contribution in [1.29, 1.82) is 0 Å². The van der Waals surface area contributed by atoms with Crippen LogP contribution in [0.25, 0.3) is 0 Å². The zero-order valence-electron chi connectivity index (χ0n) is 14.8. The molecule has 0 spiro atoms. The number of hydrogen-bond acceptors (Lipinski definition) is 4. The van der Waals surface area contributed by atoms with Gasteiger partial charge in [0.05, 0.1) is 25.8 Å². The van der Waals surface area contributed by atoms with Crippen molar-refractivity contribution in [3.63, 3.8) is 0 Å². The zero-order chi connectivity index (χ0) is 17.7. The van der Waals surface area contributed by atoms with Crippen LogP contribution in [-0.2, 0) is 9.59 Å². The quantitative estimate of drug-likeness (QED) is 0.831. The molecule has 0 aliphatic carbocycles. The number of hydrogen-bond donors (Lipinski definition) is 1. The summed E-state index contributed by atoms with van der Waals surface area (Å²) in [5.41, 5.74) is 0.639. The summed E-state index contributed by atoms with van der Waals surface area (Å²) in [6, 6.07) is 5.46. The Morgan fingerprint density at radius 2 is 2.00 bits per heavy atom. The van der Waals surface area contributed by atoms with Crippen LogP contribution in [0.2, 0.25) is 0 Å². The molecule has 6 nitrogen and oxygen atoms in total. The maximum absolute atomic E-state index is 12.4. The minimum atomic E-state index is -0.339. The largest absolute Gasteiger partial charge is 0.497 e. The fourth-order valence-corrected chi connectivity index (χ4v) is 2.94. The maximum atomic E-state index is 12.4. The van der Waals surface area contributed by atoms with Crippen molar-refractivity contribution in [2.75, 3.05) is 25.7 Å². The van der Waals surface area contributed by atoms with Crippen LogP contribution < -0.4 is 19.7 Å². The van der Waals surface area contributed by atoms with Gasteiger partial charge in [0.1, 0.15) is 11.5 Å². The minimum Gasteiger partial charge on any atom is -0.497 e. The monoisotopic (exact) mass is 334 g/mol. The molecule has 2 amide bonds. The normalized spacial score (nSPS) is 17.3. The summed E-state index contributed by atoms with van der Waals surface area (Å²) in [6.45, 7) is 4.44. The van der Waals surface area contributed by atoms with Gasteiger partial charge in [-0.2, -0.15) is 0 Å². The second-order valence-corrected chi connectivity index (χ2v) is 5.97. The van der Waals surface area contributed by atoms with Gasteiger partial charge in [0.15, 0.2) is 0 Å². The van der Waals surface area contributed by atoms with E-state index in [1.165, 1.54) is 0 Å². The van der Waals surface area contributed by atoms with E-state index in [0.29, 0.717) is 23.7 Å². The minimum absolute atomic E-state index is 0.0542. The number of carbonyl (C=O) groups excluding carboxylic acids is 2. The lowest BCUT2D eigenvalue weighted by atomic mass is 10.1. The standard InChI is InChI=1S/C18H26N2O4/c1-5-13(6-2)19-18(22)12-9-17(21)20(11-12)15-10-14(23-3)7-8-16(15)24-4/h7-8,10,12-13H,5-6,9,11H2,1-4H3,(H,19,22)/t12-/m0/s1. The summed E-state index contributed by atoms with van der Waals surface area (Å²) in [5.74, 6) is 0.760. The van der Waals surface area contributed by atoms with Crippen molar-refractivity contribution in [1.82, 2.24) is 5.32 Å². The molecule has 132 valence electrons. The Bertz CT molecular complexity index is 599. The van der Waals surface area contributed by atoms with Gasteiger partial charge in [-0.15, -0.1) is 0 Å². The number of benzene rings is 1. The third-order valence-electron chi connectivity index (χ3n) is 4.50. The molecule has 0 radical (unpaired) electrons. The summed E-state index contributed by atoms with van der Waals surface area (Å²) in [4.78, 5) is 26.5. The Balaban J connectivity index is 2.16. The maximum Gasteiger partial charge on any atom is 0.227 e. The summed E-state index contributed by atoms with van der Waals surface area (Å²) in [7, 11) is 3.13. The fraction of sp³-hybridized carbons (Fsp3) is 0.556. The van der Waals surface area contributed by atoms with Crippen LogP contribution in [0.5, 0.6) is 11.5 Å². The average molecular weight is 334 g/mol. The molecule has 0 aromatic heterocycles. The van der Waals surface area contributed by atoms with Gasteiger partial charge in [0, 0.05) is 25.1 Å². The first kappa shape index (κ1) is 18.1. The number of carbonyl (C=O) groups is 2. The van der Waals surface area contributed by atoms with Crippen molar-refractivity contribution >= 4 is 17.5 Å². The predicted molar refractivity (Wildman–Crippen MR) is 92.5 cm³/mol. The number of anilines is 1. The molecule has 24 heavy (non-hydrogen) atoms. The van der Waals surface area contributed by atoms with Crippen LogP contribution in [0.1, 0.15) is 33.1 Å². The molecule has 1 heterocycles. The zero-order valence-corrected chi connectivity index (χ0v) is 14.8. The van der Waals surface area contributed by atoms with Crippen molar-refractivity contribution in [3.05, 3.63) is 18.2 Å². The lowest BCUT2D eigenvalue weighted by Gasteiger charge is -2.21. The second kappa shape index (κ2) is 8.04. The lowest BCUT2D eigenvalue weighted by Crippen LogP contribution is -2.39. The molecule has 1 aliphatic rings. The van der Waals surface area contributed by atoms with Gasteiger partial charge < -0.3 is 19.7 Å². The smallest absolute Gasteiger partial charge is 0.227 e. The number of methoxy groups -OCH3 is 2. The highest BCUT2D eigenvalue weighted by atomic mass is 16.5. The van der Waals surface area contributed by atoms with Crippen molar-refractivity contribution < 1.29 is 19.1 Å². The van der Waals surface area contributed by atoms with E-state index in [0.717, 1.165) is 12.8 Å². The molecular weight excluding hydrogens is 308 g/mol.